The van der Waals surface area contributed by atoms with E-state index in [2.05, 4.69) is 15.5 Å². The number of benzene rings is 2. The maximum Gasteiger partial charge on any atom is 0.143 e. The molecule has 0 aliphatic carbocycles. The second-order valence-electron chi connectivity index (χ2n) is 5.55. The first-order chi connectivity index (χ1) is 11.7. The van der Waals surface area contributed by atoms with Gasteiger partial charge in [0.2, 0.25) is 0 Å². The Morgan fingerprint density at radius 3 is 2.58 bits per heavy atom. The molecule has 4 N–H and O–H groups in total. The molecule has 7 nitrogen and oxygen atoms in total. The minimum absolute atomic E-state index is 0.245. The normalized spacial score (nSPS) is 13.5. The monoisotopic (exact) mass is 324 g/mol. The molecule has 0 aliphatic heterocycles. The Labute approximate surface area is 140 Å². The van der Waals surface area contributed by atoms with Crippen molar-refractivity contribution in [3.05, 3.63) is 66.0 Å². The fourth-order valence-electron chi connectivity index (χ4n) is 2.65. The number of aromatic nitrogens is 4. The van der Waals surface area contributed by atoms with Crippen molar-refractivity contribution in [2.24, 2.45) is 11.5 Å². The van der Waals surface area contributed by atoms with Gasteiger partial charge in [0, 0.05) is 12.1 Å². The molecule has 0 aliphatic rings. The van der Waals surface area contributed by atoms with E-state index in [0.717, 1.165) is 22.6 Å². The summed E-state index contributed by atoms with van der Waals surface area (Å²) in [5, 5.41) is 11.2. The first kappa shape index (κ1) is 16.1. The molecule has 0 amide bonds. The smallest absolute Gasteiger partial charge is 0.143 e. The van der Waals surface area contributed by atoms with E-state index in [-0.39, 0.29) is 12.1 Å². The van der Waals surface area contributed by atoms with Gasteiger partial charge in [-0.05, 0) is 46.2 Å². The average Bonchev–Trinajstić information content (AvgIpc) is 3.16. The third-order valence-electron chi connectivity index (χ3n) is 3.98. The molecule has 1 aromatic heterocycles. The molecule has 2 atom stereocenters. The van der Waals surface area contributed by atoms with Crippen molar-refractivity contribution in [1.82, 2.24) is 20.2 Å². The zero-order chi connectivity index (χ0) is 16.9. The van der Waals surface area contributed by atoms with Gasteiger partial charge in [-0.15, -0.1) is 5.10 Å². The van der Waals surface area contributed by atoms with Gasteiger partial charge in [0.25, 0.3) is 0 Å². The van der Waals surface area contributed by atoms with Crippen LogP contribution < -0.4 is 16.2 Å². The Morgan fingerprint density at radius 1 is 1.12 bits per heavy atom. The quantitative estimate of drug-likeness (QED) is 0.707. The number of nitrogens with zero attached hydrogens (tertiary/aromatic N) is 4. The van der Waals surface area contributed by atoms with Crippen molar-refractivity contribution in [3.63, 3.8) is 0 Å². The number of ether oxygens (including phenoxy) is 1. The van der Waals surface area contributed by atoms with Gasteiger partial charge < -0.3 is 16.2 Å². The number of tetrazole rings is 1. The summed E-state index contributed by atoms with van der Waals surface area (Å²) in [7, 11) is 1.64. The Hall–Kier alpha value is -2.77. The van der Waals surface area contributed by atoms with Gasteiger partial charge in [0.05, 0.1) is 12.8 Å². The summed E-state index contributed by atoms with van der Waals surface area (Å²) < 4.78 is 7.04. The third-order valence-corrected chi connectivity index (χ3v) is 3.98. The molecule has 0 fully saturated rings. The second-order valence-corrected chi connectivity index (χ2v) is 5.55. The highest BCUT2D eigenvalue weighted by Crippen LogP contribution is 2.25. The largest absolute Gasteiger partial charge is 0.496 e. The van der Waals surface area contributed by atoms with Gasteiger partial charge >= 0.3 is 0 Å². The van der Waals surface area contributed by atoms with Crippen LogP contribution >= 0.6 is 0 Å². The van der Waals surface area contributed by atoms with Crippen LogP contribution in [-0.2, 0) is 6.42 Å². The van der Waals surface area contributed by atoms with Crippen molar-refractivity contribution in [1.29, 1.82) is 0 Å². The molecule has 2 aromatic carbocycles. The van der Waals surface area contributed by atoms with Gasteiger partial charge in [-0.25, -0.2) is 4.68 Å². The van der Waals surface area contributed by atoms with Crippen LogP contribution in [0.2, 0.25) is 0 Å². The maximum atomic E-state index is 6.35. The Balaban J connectivity index is 1.84. The van der Waals surface area contributed by atoms with Crippen molar-refractivity contribution in [3.8, 4) is 11.4 Å². The molecule has 3 aromatic rings. The highest BCUT2D eigenvalue weighted by Gasteiger charge is 2.18. The molecule has 124 valence electrons. The summed E-state index contributed by atoms with van der Waals surface area (Å²) in [6.07, 6.45) is 2.12. The molecule has 0 spiro atoms. The van der Waals surface area contributed by atoms with Gasteiger partial charge in [-0.2, -0.15) is 0 Å². The van der Waals surface area contributed by atoms with Crippen LogP contribution in [-0.4, -0.2) is 33.4 Å². The standard InChI is InChI=1S/C17H20N6O/c1-24-16-8-7-14(23-11-20-21-22-23)9-13(16)10-15(18)17(19)12-5-3-2-4-6-12/h2-9,11,15,17H,10,18-19H2,1H3. The molecular weight excluding hydrogens is 304 g/mol. The van der Waals surface area contributed by atoms with Crippen molar-refractivity contribution < 1.29 is 4.74 Å². The maximum absolute atomic E-state index is 6.35. The van der Waals surface area contributed by atoms with Gasteiger partial charge in [0.1, 0.15) is 12.1 Å². The minimum atomic E-state index is -0.257. The van der Waals surface area contributed by atoms with E-state index in [1.54, 1.807) is 18.1 Å². The lowest BCUT2D eigenvalue weighted by atomic mass is 9.94. The van der Waals surface area contributed by atoms with E-state index in [1.807, 2.05) is 48.5 Å². The highest BCUT2D eigenvalue weighted by molar-refractivity contribution is 5.44. The van der Waals surface area contributed by atoms with Crippen LogP contribution in [0.25, 0.3) is 5.69 Å². The predicted molar refractivity (Wildman–Crippen MR) is 90.8 cm³/mol. The lowest BCUT2D eigenvalue weighted by molar-refractivity contribution is 0.405. The molecule has 0 radical (unpaired) electrons. The summed E-state index contributed by atoms with van der Waals surface area (Å²) >= 11 is 0. The lowest BCUT2D eigenvalue weighted by Gasteiger charge is -2.21. The summed E-state index contributed by atoms with van der Waals surface area (Å²) in [5.74, 6) is 0.766. The highest BCUT2D eigenvalue weighted by atomic mass is 16.5. The van der Waals surface area contributed by atoms with E-state index < -0.39 is 0 Å². The molecular formula is C17H20N6O. The minimum Gasteiger partial charge on any atom is -0.496 e. The lowest BCUT2D eigenvalue weighted by Crippen LogP contribution is -2.36. The van der Waals surface area contributed by atoms with E-state index in [4.69, 9.17) is 16.2 Å². The summed E-state index contributed by atoms with van der Waals surface area (Å²) in [4.78, 5) is 0. The molecule has 0 saturated carbocycles. The van der Waals surface area contributed by atoms with Crippen molar-refractivity contribution >= 4 is 0 Å². The van der Waals surface area contributed by atoms with Crippen molar-refractivity contribution in [2.75, 3.05) is 7.11 Å². The van der Waals surface area contributed by atoms with Crippen LogP contribution in [0, 0.1) is 0 Å². The van der Waals surface area contributed by atoms with E-state index >= 15 is 0 Å². The molecule has 1 heterocycles. The third kappa shape index (κ3) is 3.42. The van der Waals surface area contributed by atoms with Crippen LogP contribution in [0.1, 0.15) is 17.2 Å². The summed E-state index contributed by atoms with van der Waals surface area (Å²) in [6, 6.07) is 15.1. The Bertz CT molecular complexity index is 775. The SMILES string of the molecule is COc1ccc(-n2cnnn2)cc1CC(N)C(N)c1ccccc1. The molecule has 0 bridgehead atoms. The van der Waals surface area contributed by atoms with Crippen molar-refractivity contribution in [2.45, 2.75) is 18.5 Å². The molecule has 0 saturated heterocycles. The number of hydrogen-bond acceptors (Lipinski definition) is 6. The van der Waals surface area contributed by atoms with E-state index in [9.17, 15) is 0 Å². The molecule has 24 heavy (non-hydrogen) atoms. The fourth-order valence-corrected chi connectivity index (χ4v) is 2.65. The Kier molecular flexibility index (Phi) is 4.83. The van der Waals surface area contributed by atoms with E-state index in [1.165, 1.54) is 0 Å². The van der Waals surface area contributed by atoms with Crippen LogP contribution in [0.15, 0.2) is 54.9 Å². The fraction of sp³-hybridized carbons (Fsp3) is 0.235. The first-order valence-electron chi connectivity index (χ1n) is 7.65. The first-order valence-corrected chi connectivity index (χ1v) is 7.65. The summed E-state index contributed by atoms with van der Waals surface area (Å²) in [6.45, 7) is 0. The molecule has 7 heteroatoms. The Morgan fingerprint density at radius 2 is 1.92 bits per heavy atom. The van der Waals surface area contributed by atoms with Gasteiger partial charge in [-0.3, -0.25) is 0 Å². The second kappa shape index (κ2) is 7.20. The van der Waals surface area contributed by atoms with Gasteiger partial charge in [0.15, 0.2) is 0 Å². The van der Waals surface area contributed by atoms with Crippen LogP contribution in [0.3, 0.4) is 0 Å². The number of hydrogen-bond donors (Lipinski definition) is 2. The molecule has 3 rings (SSSR count). The van der Waals surface area contributed by atoms with E-state index in [0.29, 0.717) is 6.42 Å². The average molecular weight is 324 g/mol. The number of methoxy groups -OCH3 is 1. The predicted octanol–water partition coefficient (Wildman–Crippen LogP) is 1.24. The molecule has 2 unspecified atom stereocenters. The zero-order valence-corrected chi connectivity index (χ0v) is 13.4. The van der Waals surface area contributed by atoms with Crippen LogP contribution in [0.4, 0.5) is 0 Å². The number of rotatable bonds is 6. The summed E-state index contributed by atoms with van der Waals surface area (Å²) in [5.41, 5.74) is 15.5. The number of nitrogens with two attached hydrogens (primary N) is 2. The van der Waals surface area contributed by atoms with Gasteiger partial charge in [-0.1, -0.05) is 30.3 Å². The van der Waals surface area contributed by atoms with Crippen LogP contribution in [0.5, 0.6) is 5.75 Å². The topological polar surface area (TPSA) is 105 Å². The zero-order valence-electron chi connectivity index (χ0n) is 13.4.